The van der Waals surface area contributed by atoms with Gasteiger partial charge in [-0.1, -0.05) is 39.5 Å². The Labute approximate surface area is 218 Å². The number of rotatable bonds is 5. The van der Waals surface area contributed by atoms with Crippen molar-refractivity contribution in [1.29, 1.82) is 0 Å². The lowest BCUT2D eigenvalue weighted by molar-refractivity contribution is 0.509. The van der Waals surface area contributed by atoms with Crippen LogP contribution in [0.1, 0.15) is 20.8 Å². The molecule has 188 valence electrons. The van der Waals surface area contributed by atoms with E-state index < -0.39 is 0 Å². The minimum absolute atomic E-state index is 0.0788. The van der Waals surface area contributed by atoms with Crippen LogP contribution in [-0.4, -0.2) is 30.1 Å². The molecule has 5 heterocycles. The molecule has 0 spiro atoms. The average Bonchev–Trinajstić information content (AvgIpc) is 3.52. The topological polar surface area (TPSA) is 95.2 Å². The summed E-state index contributed by atoms with van der Waals surface area (Å²) in [7, 11) is 0. The number of nitrogens with one attached hydrogen (secondary N) is 3. The number of hydrogen-bond donors (Lipinski definition) is 3. The Bertz CT molecular complexity index is 1810. The van der Waals surface area contributed by atoms with Gasteiger partial charge < -0.3 is 10.3 Å². The molecule has 38 heavy (non-hydrogen) atoms. The van der Waals surface area contributed by atoms with E-state index in [0.717, 1.165) is 67.0 Å². The molecule has 5 aromatic heterocycles. The molecule has 0 fully saturated rings. The largest absolute Gasteiger partial charge is 0.358 e. The minimum atomic E-state index is -0.272. The van der Waals surface area contributed by atoms with E-state index in [0.29, 0.717) is 0 Å². The third-order valence-electron chi connectivity index (χ3n) is 6.64. The van der Waals surface area contributed by atoms with Gasteiger partial charge in [-0.25, -0.2) is 4.39 Å². The monoisotopic (exact) mass is 503 g/mol. The molecule has 0 saturated heterocycles. The molecule has 0 aliphatic rings. The van der Waals surface area contributed by atoms with Gasteiger partial charge in [-0.2, -0.15) is 5.10 Å². The van der Waals surface area contributed by atoms with Crippen LogP contribution >= 0.6 is 0 Å². The van der Waals surface area contributed by atoms with E-state index in [9.17, 15) is 4.39 Å². The normalized spacial score (nSPS) is 11.8. The fraction of sp³-hybridized carbons (Fsp3) is 0.133. The number of anilines is 1. The third kappa shape index (κ3) is 4.30. The predicted octanol–water partition coefficient (Wildman–Crippen LogP) is 7.34. The first-order chi connectivity index (χ1) is 18.3. The van der Waals surface area contributed by atoms with E-state index in [1.54, 1.807) is 43.1 Å². The molecule has 0 bridgehead atoms. The minimum Gasteiger partial charge on any atom is -0.358 e. The van der Waals surface area contributed by atoms with Gasteiger partial charge in [0.2, 0.25) is 0 Å². The standard InChI is InChI=1S/C30H26FN7/c1-17(30(2,3)4)35-21-9-19(12-32-13-21)25-11-23-28(16-34-25)37-38-29(23)26-10-22-24(14-33-15-27(22)36-26)18-5-7-20(31)8-6-18/h5-16,35-36H,1H2,2-4H3,(H,37,38). The first-order valence-electron chi connectivity index (χ1n) is 12.3. The predicted molar refractivity (Wildman–Crippen MR) is 150 cm³/mol. The second kappa shape index (κ2) is 8.92. The summed E-state index contributed by atoms with van der Waals surface area (Å²) in [6.45, 7) is 10.5. The summed E-state index contributed by atoms with van der Waals surface area (Å²) < 4.78 is 13.5. The molecule has 6 rings (SSSR count). The van der Waals surface area contributed by atoms with E-state index in [2.05, 4.69) is 68.9 Å². The quantitative estimate of drug-likeness (QED) is 0.229. The highest BCUT2D eigenvalue weighted by molar-refractivity contribution is 6.01. The Morgan fingerprint density at radius 1 is 0.868 bits per heavy atom. The van der Waals surface area contributed by atoms with Crippen molar-refractivity contribution in [2.45, 2.75) is 20.8 Å². The maximum absolute atomic E-state index is 13.5. The molecule has 1 aromatic carbocycles. The van der Waals surface area contributed by atoms with Crippen LogP contribution < -0.4 is 5.32 Å². The Balaban J connectivity index is 1.39. The highest BCUT2D eigenvalue weighted by atomic mass is 19.1. The van der Waals surface area contributed by atoms with Crippen molar-refractivity contribution in [2.75, 3.05) is 5.32 Å². The fourth-order valence-corrected chi connectivity index (χ4v) is 4.33. The van der Waals surface area contributed by atoms with Gasteiger partial charge in [0.1, 0.15) is 11.5 Å². The molecule has 0 aliphatic carbocycles. The van der Waals surface area contributed by atoms with E-state index >= 15 is 0 Å². The highest BCUT2D eigenvalue weighted by Crippen LogP contribution is 2.35. The van der Waals surface area contributed by atoms with Gasteiger partial charge in [-0.3, -0.25) is 20.1 Å². The molecule has 0 atom stereocenters. The molecule has 8 heteroatoms. The van der Waals surface area contributed by atoms with E-state index in [4.69, 9.17) is 0 Å². The van der Waals surface area contributed by atoms with Crippen LogP contribution in [0, 0.1) is 11.2 Å². The van der Waals surface area contributed by atoms with Crippen molar-refractivity contribution in [3.05, 3.63) is 91.5 Å². The Morgan fingerprint density at radius 3 is 2.45 bits per heavy atom. The number of allylic oxidation sites excluding steroid dienone is 1. The number of benzene rings is 1. The summed E-state index contributed by atoms with van der Waals surface area (Å²) in [5.74, 6) is -0.272. The molecular weight excluding hydrogens is 477 g/mol. The van der Waals surface area contributed by atoms with Crippen molar-refractivity contribution < 1.29 is 4.39 Å². The molecule has 0 amide bonds. The van der Waals surface area contributed by atoms with E-state index in [1.807, 2.05) is 12.1 Å². The first kappa shape index (κ1) is 23.5. The summed E-state index contributed by atoms with van der Waals surface area (Å²) in [5.41, 5.74) is 8.46. The van der Waals surface area contributed by atoms with Crippen LogP contribution in [0.25, 0.3) is 55.6 Å². The van der Waals surface area contributed by atoms with E-state index in [-0.39, 0.29) is 11.2 Å². The van der Waals surface area contributed by atoms with Gasteiger partial charge >= 0.3 is 0 Å². The SMILES string of the molecule is C=C(Nc1cncc(-c2cc3c(-c4cc5c(-c6ccc(F)cc6)cncc5[nH]4)n[nH]c3cn2)c1)C(C)(C)C. The molecule has 7 nitrogen and oxygen atoms in total. The lowest BCUT2D eigenvalue weighted by Crippen LogP contribution is -2.15. The van der Waals surface area contributed by atoms with Crippen LogP contribution in [0.15, 0.2) is 85.7 Å². The van der Waals surface area contributed by atoms with Crippen molar-refractivity contribution >= 4 is 27.5 Å². The summed E-state index contributed by atoms with van der Waals surface area (Å²) >= 11 is 0. The first-order valence-corrected chi connectivity index (χ1v) is 12.3. The van der Waals surface area contributed by atoms with Gasteiger partial charge in [0.15, 0.2) is 0 Å². The maximum atomic E-state index is 13.5. The van der Waals surface area contributed by atoms with Crippen LogP contribution in [-0.2, 0) is 0 Å². The van der Waals surface area contributed by atoms with Gasteiger partial charge in [0.25, 0.3) is 0 Å². The zero-order chi connectivity index (χ0) is 26.4. The Kier molecular flexibility index (Phi) is 5.52. The second-order valence-corrected chi connectivity index (χ2v) is 10.3. The van der Waals surface area contributed by atoms with Crippen molar-refractivity contribution in [3.8, 4) is 33.8 Å². The van der Waals surface area contributed by atoms with Crippen LogP contribution in [0.4, 0.5) is 10.1 Å². The Hall–Kier alpha value is -4.85. The second-order valence-electron chi connectivity index (χ2n) is 10.3. The van der Waals surface area contributed by atoms with Crippen LogP contribution in [0.5, 0.6) is 0 Å². The highest BCUT2D eigenvalue weighted by Gasteiger charge is 2.17. The molecule has 0 saturated carbocycles. The number of aromatic nitrogens is 6. The summed E-state index contributed by atoms with van der Waals surface area (Å²) in [5, 5.41) is 12.9. The van der Waals surface area contributed by atoms with E-state index in [1.165, 1.54) is 12.1 Å². The van der Waals surface area contributed by atoms with Crippen molar-refractivity contribution in [1.82, 2.24) is 30.1 Å². The molecule has 6 aromatic rings. The summed E-state index contributed by atoms with van der Waals surface area (Å²) in [6, 6.07) is 12.5. The third-order valence-corrected chi connectivity index (χ3v) is 6.64. The molecule has 0 unspecified atom stereocenters. The lowest BCUT2D eigenvalue weighted by atomic mass is 9.93. The zero-order valence-corrected chi connectivity index (χ0v) is 21.3. The average molecular weight is 504 g/mol. The zero-order valence-electron chi connectivity index (χ0n) is 21.3. The summed E-state index contributed by atoms with van der Waals surface area (Å²) in [4.78, 5) is 16.9. The Morgan fingerprint density at radius 2 is 1.66 bits per heavy atom. The fourth-order valence-electron chi connectivity index (χ4n) is 4.33. The molecule has 3 N–H and O–H groups in total. The number of aromatic amines is 2. The molecule has 0 radical (unpaired) electrons. The van der Waals surface area contributed by atoms with Gasteiger partial charge in [0.05, 0.1) is 46.7 Å². The van der Waals surface area contributed by atoms with Gasteiger partial charge in [0, 0.05) is 45.4 Å². The summed E-state index contributed by atoms with van der Waals surface area (Å²) in [6.07, 6.45) is 8.93. The van der Waals surface area contributed by atoms with Crippen molar-refractivity contribution in [2.24, 2.45) is 5.41 Å². The van der Waals surface area contributed by atoms with Crippen molar-refractivity contribution in [3.63, 3.8) is 0 Å². The molecule has 0 aliphatic heterocycles. The van der Waals surface area contributed by atoms with Crippen LogP contribution in [0.3, 0.4) is 0 Å². The smallest absolute Gasteiger partial charge is 0.123 e. The van der Waals surface area contributed by atoms with Crippen LogP contribution in [0.2, 0.25) is 0 Å². The lowest BCUT2D eigenvalue weighted by Gasteiger charge is -2.23. The molecular formula is C30H26FN7. The number of nitrogens with zero attached hydrogens (tertiary/aromatic N) is 4. The number of halogens is 1. The maximum Gasteiger partial charge on any atom is 0.123 e. The number of fused-ring (bicyclic) bond motifs is 2. The number of hydrogen-bond acceptors (Lipinski definition) is 5. The van der Waals surface area contributed by atoms with Gasteiger partial charge in [-0.05, 0) is 35.9 Å². The number of H-pyrrole nitrogens is 2. The van der Waals surface area contributed by atoms with Gasteiger partial charge in [-0.15, -0.1) is 0 Å². The number of pyridine rings is 3.